The maximum atomic E-state index is 9.72. The predicted molar refractivity (Wildman–Crippen MR) is 97.0 cm³/mol. The SMILES string of the molecule is Cc1cc(Nc2c(C)cnc3ccc4c(c23)CCS4)ccc1O. The number of hydrogen-bond donors (Lipinski definition) is 2. The molecular weight excluding hydrogens is 304 g/mol. The molecule has 0 atom stereocenters. The van der Waals surface area contributed by atoms with Crippen molar-refractivity contribution in [1.29, 1.82) is 0 Å². The maximum Gasteiger partial charge on any atom is 0.118 e. The van der Waals surface area contributed by atoms with Crippen molar-refractivity contribution in [3.63, 3.8) is 0 Å². The Bertz CT molecular complexity index is 921. The van der Waals surface area contributed by atoms with Gasteiger partial charge in [0.2, 0.25) is 0 Å². The Labute approximate surface area is 139 Å². The van der Waals surface area contributed by atoms with E-state index in [1.54, 1.807) is 6.07 Å². The highest BCUT2D eigenvalue weighted by atomic mass is 32.2. The lowest BCUT2D eigenvalue weighted by atomic mass is 10.0. The molecule has 0 saturated carbocycles. The van der Waals surface area contributed by atoms with Crippen LogP contribution in [0.15, 0.2) is 41.4 Å². The average Bonchev–Trinajstić information content (AvgIpc) is 3.02. The van der Waals surface area contributed by atoms with Gasteiger partial charge in [0, 0.05) is 27.9 Å². The smallest absolute Gasteiger partial charge is 0.118 e. The average molecular weight is 322 g/mol. The standard InChI is InChI=1S/C19H18N2OS/c1-11-9-13(3-5-16(11)22)21-19-12(2)10-20-15-4-6-17-14(18(15)19)7-8-23-17/h3-6,9-10,22H,7-8H2,1-2H3,(H,20,21). The quantitative estimate of drug-likeness (QED) is 0.655. The van der Waals surface area contributed by atoms with Crippen LogP contribution >= 0.6 is 11.8 Å². The molecule has 23 heavy (non-hydrogen) atoms. The molecule has 3 aromatic rings. The molecule has 0 saturated heterocycles. The fraction of sp³-hybridized carbons (Fsp3) is 0.211. The summed E-state index contributed by atoms with van der Waals surface area (Å²) in [5.74, 6) is 1.46. The van der Waals surface area contributed by atoms with Gasteiger partial charge in [0.25, 0.3) is 0 Å². The minimum absolute atomic E-state index is 0.323. The number of aryl methyl sites for hydroxylation is 3. The van der Waals surface area contributed by atoms with E-state index in [4.69, 9.17) is 0 Å². The number of benzene rings is 2. The molecule has 0 aliphatic carbocycles. The Balaban J connectivity index is 1.90. The summed E-state index contributed by atoms with van der Waals surface area (Å²) in [4.78, 5) is 5.97. The first-order valence-electron chi connectivity index (χ1n) is 7.74. The molecule has 1 aliphatic heterocycles. The van der Waals surface area contributed by atoms with Crippen molar-refractivity contribution >= 4 is 34.0 Å². The van der Waals surface area contributed by atoms with Gasteiger partial charge in [-0.2, -0.15) is 0 Å². The lowest BCUT2D eigenvalue weighted by molar-refractivity contribution is 0.471. The van der Waals surface area contributed by atoms with Crippen LogP contribution in [0.2, 0.25) is 0 Å². The zero-order valence-electron chi connectivity index (χ0n) is 13.2. The molecule has 0 amide bonds. The predicted octanol–water partition coefficient (Wildman–Crippen LogP) is 4.95. The normalized spacial score (nSPS) is 13.3. The lowest BCUT2D eigenvalue weighted by Gasteiger charge is -2.16. The van der Waals surface area contributed by atoms with Gasteiger partial charge in [-0.05, 0) is 67.3 Å². The van der Waals surface area contributed by atoms with Crippen LogP contribution in [0.5, 0.6) is 5.75 Å². The van der Waals surface area contributed by atoms with Gasteiger partial charge in [0.15, 0.2) is 0 Å². The number of phenols is 1. The summed E-state index contributed by atoms with van der Waals surface area (Å²) in [5.41, 5.74) is 6.55. The summed E-state index contributed by atoms with van der Waals surface area (Å²) in [6, 6.07) is 9.91. The second-order valence-electron chi connectivity index (χ2n) is 5.98. The number of fused-ring (bicyclic) bond motifs is 3. The van der Waals surface area contributed by atoms with Crippen LogP contribution in [0.25, 0.3) is 10.9 Å². The molecule has 1 aromatic heterocycles. The molecule has 0 bridgehead atoms. The number of nitrogens with zero attached hydrogens (tertiary/aromatic N) is 1. The fourth-order valence-electron chi connectivity index (χ4n) is 3.12. The van der Waals surface area contributed by atoms with E-state index in [1.165, 1.54) is 15.8 Å². The number of aromatic nitrogens is 1. The van der Waals surface area contributed by atoms with E-state index in [2.05, 4.69) is 29.4 Å². The van der Waals surface area contributed by atoms with Gasteiger partial charge in [-0.25, -0.2) is 0 Å². The first kappa shape index (κ1) is 14.4. The number of thioether (sulfide) groups is 1. The third kappa shape index (κ3) is 2.43. The van der Waals surface area contributed by atoms with E-state index >= 15 is 0 Å². The molecule has 0 fully saturated rings. The molecule has 1 aliphatic rings. The van der Waals surface area contributed by atoms with Crippen LogP contribution in [-0.2, 0) is 6.42 Å². The van der Waals surface area contributed by atoms with E-state index in [1.807, 2.05) is 37.0 Å². The number of aromatic hydroxyl groups is 1. The molecule has 2 N–H and O–H groups in total. The van der Waals surface area contributed by atoms with E-state index in [0.717, 1.165) is 40.2 Å². The highest BCUT2D eigenvalue weighted by Gasteiger charge is 2.18. The molecule has 116 valence electrons. The van der Waals surface area contributed by atoms with Crippen molar-refractivity contribution in [2.45, 2.75) is 25.2 Å². The van der Waals surface area contributed by atoms with Crippen LogP contribution in [0, 0.1) is 13.8 Å². The summed E-state index contributed by atoms with van der Waals surface area (Å²) in [6.07, 6.45) is 3.01. The molecule has 0 unspecified atom stereocenters. The van der Waals surface area contributed by atoms with E-state index in [9.17, 15) is 5.11 Å². The van der Waals surface area contributed by atoms with Crippen LogP contribution in [0.3, 0.4) is 0 Å². The van der Waals surface area contributed by atoms with Gasteiger partial charge in [-0.3, -0.25) is 4.98 Å². The third-order valence-corrected chi connectivity index (χ3v) is 5.47. The zero-order valence-corrected chi connectivity index (χ0v) is 14.0. The summed E-state index contributed by atoms with van der Waals surface area (Å²) in [7, 11) is 0. The molecule has 3 nitrogen and oxygen atoms in total. The number of anilines is 2. The van der Waals surface area contributed by atoms with Gasteiger partial charge in [-0.1, -0.05) is 0 Å². The van der Waals surface area contributed by atoms with Crippen molar-refractivity contribution < 1.29 is 5.11 Å². The molecule has 2 heterocycles. The first-order valence-corrected chi connectivity index (χ1v) is 8.72. The Kier molecular flexibility index (Phi) is 3.42. The van der Waals surface area contributed by atoms with Gasteiger partial charge in [-0.15, -0.1) is 11.8 Å². The third-order valence-electron chi connectivity index (χ3n) is 4.37. The fourth-order valence-corrected chi connectivity index (χ4v) is 4.18. The molecular formula is C19H18N2OS. The summed E-state index contributed by atoms with van der Waals surface area (Å²) >= 11 is 1.92. The number of hydrogen-bond acceptors (Lipinski definition) is 4. The number of rotatable bonds is 2. The number of pyridine rings is 1. The Morgan fingerprint density at radius 1 is 1.13 bits per heavy atom. The van der Waals surface area contributed by atoms with Crippen molar-refractivity contribution in [3.8, 4) is 5.75 Å². The minimum Gasteiger partial charge on any atom is -0.508 e. The van der Waals surface area contributed by atoms with Crippen LogP contribution in [0.1, 0.15) is 16.7 Å². The van der Waals surface area contributed by atoms with Gasteiger partial charge >= 0.3 is 0 Å². The summed E-state index contributed by atoms with van der Waals surface area (Å²) in [5, 5.41) is 14.5. The number of phenolic OH excluding ortho intramolecular Hbond substituents is 1. The van der Waals surface area contributed by atoms with Crippen LogP contribution < -0.4 is 5.32 Å². The molecule has 4 rings (SSSR count). The minimum atomic E-state index is 0.323. The highest BCUT2D eigenvalue weighted by Crippen LogP contribution is 2.40. The lowest BCUT2D eigenvalue weighted by Crippen LogP contribution is -1.99. The summed E-state index contributed by atoms with van der Waals surface area (Å²) in [6.45, 7) is 4.00. The van der Waals surface area contributed by atoms with Crippen molar-refractivity contribution in [1.82, 2.24) is 4.98 Å². The maximum absolute atomic E-state index is 9.72. The highest BCUT2D eigenvalue weighted by molar-refractivity contribution is 7.99. The van der Waals surface area contributed by atoms with Gasteiger partial charge in [0.05, 0.1) is 11.2 Å². The Morgan fingerprint density at radius 2 is 2.00 bits per heavy atom. The Hall–Kier alpha value is -2.20. The topological polar surface area (TPSA) is 45.2 Å². The van der Waals surface area contributed by atoms with E-state index in [-0.39, 0.29) is 0 Å². The van der Waals surface area contributed by atoms with Gasteiger partial charge < -0.3 is 10.4 Å². The van der Waals surface area contributed by atoms with E-state index < -0.39 is 0 Å². The zero-order chi connectivity index (χ0) is 16.0. The Morgan fingerprint density at radius 3 is 2.83 bits per heavy atom. The number of nitrogens with one attached hydrogen (secondary N) is 1. The van der Waals surface area contributed by atoms with Crippen molar-refractivity contribution in [2.24, 2.45) is 0 Å². The van der Waals surface area contributed by atoms with Crippen LogP contribution in [-0.4, -0.2) is 15.8 Å². The largest absolute Gasteiger partial charge is 0.508 e. The van der Waals surface area contributed by atoms with Crippen molar-refractivity contribution in [3.05, 3.63) is 53.2 Å². The monoisotopic (exact) mass is 322 g/mol. The molecule has 0 spiro atoms. The van der Waals surface area contributed by atoms with Crippen molar-refractivity contribution in [2.75, 3.05) is 11.1 Å². The van der Waals surface area contributed by atoms with Crippen LogP contribution in [0.4, 0.5) is 11.4 Å². The second kappa shape index (κ2) is 5.46. The van der Waals surface area contributed by atoms with E-state index in [0.29, 0.717) is 5.75 Å². The van der Waals surface area contributed by atoms with Gasteiger partial charge in [0.1, 0.15) is 5.75 Å². The molecule has 4 heteroatoms. The first-order chi connectivity index (χ1) is 11.1. The second-order valence-corrected chi connectivity index (χ2v) is 7.11. The molecule has 2 aromatic carbocycles. The molecule has 0 radical (unpaired) electrons. The summed E-state index contributed by atoms with van der Waals surface area (Å²) < 4.78 is 0.